The molecule has 2 rings (SSSR count). The molecule has 0 bridgehead atoms. The molecule has 21 heavy (non-hydrogen) atoms. The lowest BCUT2D eigenvalue weighted by molar-refractivity contribution is 0.0101. The van der Waals surface area contributed by atoms with Crippen molar-refractivity contribution in [2.45, 2.75) is 50.7 Å². The number of hydrogen-bond acceptors (Lipinski definition) is 2. The summed E-state index contributed by atoms with van der Waals surface area (Å²) in [7, 11) is 3.76. The Hall–Kier alpha value is -0.450. The van der Waals surface area contributed by atoms with E-state index in [2.05, 4.69) is 21.2 Å². The van der Waals surface area contributed by atoms with Gasteiger partial charge in [-0.2, -0.15) is 0 Å². The SMILES string of the molecule is CNC(Cc1cccc(F)c1Br)C(OC)C1CCCCC1. The molecular weight excluding hydrogens is 333 g/mol. The van der Waals surface area contributed by atoms with E-state index in [1.165, 1.54) is 38.2 Å². The zero-order chi connectivity index (χ0) is 15.2. The second kappa shape index (κ2) is 8.25. The number of methoxy groups -OCH3 is 1. The summed E-state index contributed by atoms with van der Waals surface area (Å²) in [5, 5.41) is 3.38. The smallest absolute Gasteiger partial charge is 0.137 e. The highest BCUT2D eigenvalue weighted by Crippen LogP contribution is 2.31. The van der Waals surface area contributed by atoms with Crippen molar-refractivity contribution in [3.63, 3.8) is 0 Å². The van der Waals surface area contributed by atoms with Crippen molar-refractivity contribution in [1.29, 1.82) is 0 Å². The van der Waals surface area contributed by atoms with E-state index in [1.807, 2.05) is 13.1 Å². The summed E-state index contributed by atoms with van der Waals surface area (Å²) in [6.45, 7) is 0. The Labute approximate surface area is 135 Å². The van der Waals surface area contributed by atoms with Crippen molar-refractivity contribution in [2.75, 3.05) is 14.2 Å². The topological polar surface area (TPSA) is 21.3 Å². The fraction of sp³-hybridized carbons (Fsp3) is 0.647. The maximum atomic E-state index is 13.7. The molecule has 2 unspecified atom stereocenters. The summed E-state index contributed by atoms with van der Waals surface area (Å²) in [4.78, 5) is 0. The van der Waals surface area contributed by atoms with Crippen LogP contribution in [-0.2, 0) is 11.2 Å². The monoisotopic (exact) mass is 357 g/mol. The maximum Gasteiger partial charge on any atom is 0.137 e. The summed E-state index contributed by atoms with van der Waals surface area (Å²) in [5.74, 6) is 0.405. The lowest BCUT2D eigenvalue weighted by Gasteiger charge is -2.35. The van der Waals surface area contributed by atoms with E-state index in [9.17, 15) is 4.39 Å². The molecule has 1 aromatic rings. The number of halogens is 2. The minimum Gasteiger partial charge on any atom is -0.380 e. The normalized spacial score (nSPS) is 19.4. The average molecular weight is 358 g/mol. The third-order valence-corrected chi connectivity index (χ3v) is 5.51. The van der Waals surface area contributed by atoms with E-state index < -0.39 is 0 Å². The van der Waals surface area contributed by atoms with Gasteiger partial charge in [0.1, 0.15) is 5.82 Å². The zero-order valence-corrected chi connectivity index (χ0v) is 14.5. The highest BCUT2D eigenvalue weighted by atomic mass is 79.9. The Morgan fingerprint density at radius 2 is 2.05 bits per heavy atom. The van der Waals surface area contributed by atoms with Crippen LogP contribution in [0.1, 0.15) is 37.7 Å². The number of benzene rings is 1. The fourth-order valence-corrected chi connectivity index (χ4v) is 3.90. The number of ether oxygens (including phenoxy) is 1. The second-order valence-electron chi connectivity index (χ2n) is 5.91. The van der Waals surface area contributed by atoms with Gasteiger partial charge in [-0.3, -0.25) is 0 Å². The van der Waals surface area contributed by atoms with Gasteiger partial charge in [0.2, 0.25) is 0 Å². The lowest BCUT2D eigenvalue weighted by atomic mass is 9.81. The molecule has 0 heterocycles. The van der Waals surface area contributed by atoms with E-state index in [-0.39, 0.29) is 18.0 Å². The van der Waals surface area contributed by atoms with Crippen LogP contribution in [0.5, 0.6) is 0 Å². The van der Waals surface area contributed by atoms with Crippen molar-refractivity contribution in [1.82, 2.24) is 5.32 Å². The van der Waals surface area contributed by atoms with Crippen LogP contribution in [-0.4, -0.2) is 26.3 Å². The van der Waals surface area contributed by atoms with Gasteiger partial charge in [-0.25, -0.2) is 4.39 Å². The molecule has 1 fully saturated rings. The Balaban J connectivity index is 2.11. The van der Waals surface area contributed by atoms with Gasteiger partial charge in [-0.15, -0.1) is 0 Å². The molecule has 0 spiro atoms. The molecule has 1 aromatic carbocycles. The number of hydrogen-bond donors (Lipinski definition) is 1. The molecule has 1 aliphatic rings. The first-order valence-electron chi connectivity index (χ1n) is 7.80. The van der Waals surface area contributed by atoms with Crippen molar-refractivity contribution in [3.05, 3.63) is 34.1 Å². The van der Waals surface area contributed by atoms with E-state index in [4.69, 9.17) is 4.74 Å². The van der Waals surface area contributed by atoms with E-state index in [0.29, 0.717) is 10.4 Å². The molecule has 2 atom stereocenters. The number of likely N-dealkylation sites (N-methyl/N-ethyl adjacent to an activating group) is 1. The Kier molecular flexibility index (Phi) is 6.65. The quantitative estimate of drug-likeness (QED) is 0.818. The van der Waals surface area contributed by atoms with Gasteiger partial charge in [-0.1, -0.05) is 31.4 Å². The van der Waals surface area contributed by atoms with Crippen LogP contribution < -0.4 is 5.32 Å². The molecular formula is C17H25BrFNO. The van der Waals surface area contributed by atoms with Crippen molar-refractivity contribution in [2.24, 2.45) is 5.92 Å². The van der Waals surface area contributed by atoms with Crippen LogP contribution >= 0.6 is 15.9 Å². The third-order valence-electron chi connectivity index (χ3n) is 4.63. The highest BCUT2D eigenvalue weighted by molar-refractivity contribution is 9.10. The van der Waals surface area contributed by atoms with Gasteiger partial charge in [0, 0.05) is 13.2 Å². The van der Waals surface area contributed by atoms with Crippen LogP contribution in [0.2, 0.25) is 0 Å². The molecule has 0 aliphatic heterocycles. The molecule has 1 N–H and O–H groups in total. The molecule has 0 saturated heterocycles. The van der Waals surface area contributed by atoms with Gasteiger partial charge < -0.3 is 10.1 Å². The van der Waals surface area contributed by atoms with Gasteiger partial charge in [0.05, 0.1) is 10.6 Å². The second-order valence-corrected chi connectivity index (χ2v) is 6.70. The molecule has 118 valence electrons. The lowest BCUT2D eigenvalue weighted by Crippen LogP contribution is -2.45. The Morgan fingerprint density at radius 3 is 2.67 bits per heavy atom. The predicted octanol–water partition coefficient (Wildman–Crippen LogP) is 4.31. The highest BCUT2D eigenvalue weighted by Gasteiger charge is 2.30. The van der Waals surface area contributed by atoms with Gasteiger partial charge >= 0.3 is 0 Å². The van der Waals surface area contributed by atoms with E-state index >= 15 is 0 Å². The first-order valence-corrected chi connectivity index (χ1v) is 8.59. The van der Waals surface area contributed by atoms with Crippen LogP contribution in [0.25, 0.3) is 0 Å². The molecule has 1 saturated carbocycles. The minimum atomic E-state index is -0.200. The standard InChI is InChI=1S/C17H25BrFNO/c1-20-15(11-13-9-6-10-14(19)16(13)18)17(21-2)12-7-4-3-5-8-12/h6,9-10,12,15,17,20H,3-5,7-8,11H2,1-2H3. The van der Waals surface area contributed by atoms with Crippen molar-refractivity contribution < 1.29 is 9.13 Å². The van der Waals surface area contributed by atoms with Crippen LogP contribution in [0, 0.1) is 11.7 Å². The van der Waals surface area contributed by atoms with Gasteiger partial charge in [0.25, 0.3) is 0 Å². The van der Waals surface area contributed by atoms with Crippen LogP contribution in [0.15, 0.2) is 22.7 Å². The Bertz CT molecular complexity index is 448. The average Bonchev–Trinajstić information content (AvgIpc) is 2.52. The molecule has 2 nitrogen and oxygen atoms in total. The first-order chi connectivity index (χ1) is 10.2. The molecule has 1 aliphatic carbocycles. The fourth-order valence-electron chi connectivity index (χ4n) is 3.47. The number of rotatable bonds is 6. The summed E-state index contributed by atoms with van der Waals surface area (Å²) in [6, 6.07) is 5.43. The van der Waals surface area contributed by atoms with Gasteiger partial charge in [0.15, 0.2) is 0 Å². The molecule has 0 amide bonds. The molecule has 0 aromatic heterocycles. The largest absolute Gasteiger partial charge is 0.380 e. The van der Waals surface area contributed by atoms with Gasteiger partial charge in [-0.05, 0) is 59.8 Å². The first kappa shape index (κ1) is 16.9. The minimum absolute atomic E-state index is 0.186. The summed E-state index contributed by atoms with van der Waals surface area (Å²) in [5.41, 5.74) is 0.993. The Morgan fingerprint density at radius 1 is 1.33 bits per heavy atom. The van der Waals surface area contributed by atoms with Crippen molar-refractivity contribution >= 4 is 15.9 Å². The maximum absolute atomic E-state index is 13.7. The summed E-state index contributed by atoms with van der Waals surface area (Å²) < 4.78 is 20.1. The van der Waals surface area contributed by atoms with E-state index in [0.717, 1.165) is 12.0 Å². The van der Waals surface area contributed by atoms with E-state index in [1.54, 1.807) is 13.2 Å². The van der Waals surface area contributed by atoms with Crippen LogP contribution in [0.3, 0.4) is 0 Å². The van der Waals surface area contributed by atoms with Crippen LogP contribution in [0.4, 0.5) is 4.39 Å². The van der Waals surface area contributed by atoms with Crippen molar-refractivity contribution in [3.8, 4) is 0 Å². The zero-order valence-electron chi connectivity index (χ0n) is 12.9. The number of nitrogens with one attached hydrogen (secondary N) is 1. The molecule has 0 radical (unpaired) electrons. The third kappa shape index (κ3) is 4.27. The molecule has 4 heteroatoms. The summed E-state index contributed by atoms with van der Waals surface area (Å²) in [6.07, 6.45) is 7.36. The summed E-state index contributed by atoms with van der Waals surface area (Å²) >= 11 is 3.36. The predicted molar refractivity (Wildman–Crippen MR) is 88.0 cm³/mol.